The highest BCUT2D eigenvalue weighted by Gasteiger charge is 2.93. The predicted molar refractivity (Wildman–Crippen MR) is 71.0 cm³/mol. The molecule has 6 heteroatoms. The minimum Gasteiger partial charge on any atom is -0.392 e. The van der Waals surface area contributed by atoms with E-state index in [-0.39, 0.29) is 13.0 Å². The number of hydrogen-bond acceptors (Lipinski definition) is 6. The standard InChI is InChI=1S/C15H24O6/c1-10-7-21-15(20)9(17)13(6-8(16)12(10,15)3)11(2,18)4-5-14(10,13)19/h8-9,16-20H,4-7H2,1-3H3/t8-,9+,10+,11-,12+,13+,14-,15+/m0/s1. The van der Waals surface area contributed by atoms with Crippen molar-refractivity contribution in [1.29, 1.82) is 0 Å². The first-order chi connectivity index (χ1) is 9.45. The van der Waals surface area contributed by atoms with Gasteiger partial charge in [0.15, 0.2) is 0 Å². The summed E-state index contributed by atoms with van der Waals surface area (Å²) in [6.45, 7) is 5.07. The molecule has 5 aliphatic rings. The van der Waals surface area contributed by atoms with Gasteiger partial charge < -0.3 is 30.3 Å². The van der Waals surface area contributed by atoms with Crippen LogP contribution in [0.15, 0.2) is 0 Å². The van der Waals surface area contributed by atoms with Crippen LogP contribution in [0.1, 0.15) is 40.0 Å². The zero-order valence-corrected chi connectivity index (χ0v) is 12.6. The molecule has 0 unspecified atom stereocenters. The Balaban J connectivity index is 2.10. The molecule has 5 N–H and O–H groups in total. The summed E-state index contributed by atoms with van der Waals surface area (Å²) in [5.41, 5.74) is -6.29. The molecule has 1 heterocycles. The molecule has 8 atom stereocenters. The van der Waals surface area contributed by atoms with E-state index in [0.717, 1.165) is 0 Å². The first kappa shape index (κ1) is 14.4. The molecule has 4 saturated carbocycles. The fourth-order valence-corrected chi connectivity index (χ4v) is 6.42. The van der Waals surface area contributed by atoms with Gasteiger partial charge in [0.25, 0.3) is 0 Å². The van der Waals surface area contributed by atoms with E-state index in [4.69, 9.17) is 4.74 Å². The lowest BCUT2D eigenvalue weighted by atomic mass is 9.34. The predicted octanol–water partition coefficient (Wildman–Crippen LogP) is -0.881. The Morgan fingerprint density at radius 3 is 2.24 bits per heavy atom. The van der Waals surface area contributed by atoms with Gasteiger partial charge in [-0.3, -0.25) is 0 Å². The molecule has 4 aliphatic carbocycles. The number of fused-ring (bicyclic) bond motifs is 1. The molecule has 4 bridgehead atoms. The molecule has 1 aliphatic heterocycles. The third kappa shape index (κ3) is 0.932. The van der Waals surface area contributed by atoms with Gasteiger partial charge in [-0.1, -0.05) is 13.8 Å². The molecule has 6 nitrogen and oxygen atoms in total. The van der Waals surface area contributed by atoms with Crippen molar-refractivity contribution < 1.29 is 30.3 Å². The summed E-state index contributed by atoms with van der Waals surface area (Å²) in [6.07, 6.45) is -1.74. The van der Waals surface area contributed by atoms with Gasteiger partial charge in [0, 0.05) is 5.41 Å². The highest BCUT2D eigenvalue weighted by Crippen LogP contribution is 2.81. The lowest BCUT2D eigenvalue weighted by Gasteiger charge is -2.73. The van der Waals surface area contributed by atoms with Gasteiger partial charge in [-0.15, -0.1) is 0 Å². The second kappa shape index (κ2) is 3.18. The van der Waals surface area contributed by atoms with E-state index in [0.29, 0.717) is 12.8 Å². The summed E-state index contributed by atoms with van der Waals surface area (Å²) in [5.74, 6) is -1.96. The van der Waals surface area contributed by atoms with Crippen LogP contribution in [0.5, 0.6) is 0 Å². The van der Waals surface area contributed by atoms with E-state index < -0.39 is 45.4 Å². The first-order valence-corrected chi connectivity index (χ1v) is 7.62. The molecule has 120 valence electrons. The molecule has 1 saturated heterocycles. The van der Waals surface area contributed by atoms with Gasteiger partial charge in [0.1, 0.15) is 6.10 Å². The van der Waals surface area contributed by atoms with Crippen molar-refractivity contribution >= 4 is 0 Å². The van der Waals surface area contributed by atoms with Gasteiger partial charge >= 0.3 is 0 Å². The van der Waals surface area contributed by atoms with E-state index in [9.17, 15) is 25.5 Å². The van der Waals surface area contributed by atoms with Crippen LogP contribution in [0.3, 0.4) is 0 Å². The molecule has 0 radical (unpaired) electrons. The maximum atomic E-state index is 11.5. The Labute approximate surface area is 123 Å². The third-order valence-electron chi connectivity index (χ3n) is 8.08. The number of aliphatic hydroxyl groups is 5. The second-order valence-corrected chi connectivity index (χ2v) is 8.25. The van der Waals surface area contributed by atoms with Crippen molar-refractivity contribution in [3.8, 4) is 0 Å². The van der Waals surface area contributed by atoms with Gasteiger partial charge in [-0.25, -0.2) is 0 Å². The lowest BCUT2D eigenvalue weighted by molar-refractivity contribution is -0.424. The Bertz CT molecular complexity index is 536. The minimum atomic E-state index is -1.96. The van der Waals surface area contributed by atoms with Crippen LogP contribution in [0, 0.1) is 16.2 Å². The van der Waals surface area contributed by atoms with Crippen LogP contribution < -0.4 is 0 Å². The minimum absolute atomic E-state index is 0.0441. The van der Waals surface area contributed by atoms with Crippen LogP contribution in [0.25, 0.3) is 0 Å². The van der Waals surface area contributed by atoms with Gasteiger partial charge in [-0.05, 0) is 26.2 Å². The van der Waals surface area contributed by atoms with Crippen molar-refractivity contribution in [3.63, 3.8) is 0 Å². The lowest BCUT2D eigenvalue weighted by Crippen LogP contribution is -2.86. The first-order valence-electron chi connectivity index (χ1n) is 7.62. The van der Waals surface area contributed by atoms with Gasteiger partial charge in [0.2, 0.25) is 5.79 Å². The summed E-state index contributed by atoms with van der Waals surface area (Å²) >= 11 is 0. The summed E-state index contributed by atoms with van der Waals surface area (Å²) in [6, 6.07) is 0. The monoisotopic (exact) mass is 300 g/mol. The Morgan fingerprint density at radius 1 is 1.00 bits per heavy atom. The van der Waals surface area contributed by atoms with Gasteiger partial charge in [0.05, 0.1) is 34.7 Å². The van der Waals surface area contributed by atoms with Crippen molar-refractivity contribution in [2.45, 2.75) is 69.2 Å². The fourth-order valence-electron chi connectivity index (χ4n) is 6.42. The summed E-state index contributed by atoms with van der Waals surface area (Å²) in [5, 5.41) is 55.0. The van der Waals surface area contributed by atoms with Crippen LogP contribution >= 0.6 is 0 Å². The molecule has 0 aromatic rings. The van der Waals surface area contributed by atoms with Crippen LogP contribution in [-0.2, 0) is 4.74 Å². The van der Waals surface area contributed by atoms with Crippen LogP contribution in [-0.4, -0.2) is 61.3 Å². The van der Waals surface area contributed by atoms with Crippen molar-refractivity contribution in [2.24, 2.45) is 16.2 Å². The SMILES string of the molecule is C[C@@]12CO[C@]3(O)[C@H](O)[C@@]4(C[C@H](O)[C@]13C)[C@]2(O)CC[C@]4(C)O. The Kier molecular flexibility index (Phi) is 2.17. The van der Waals surface area contributed by atoms with Crippen molar-refractivity contribution in [2.75, 3.05) is 6.61 Å². The number of rotatable bonds is 0. The van der Waals surface area contributed by atoms with E-state index in [1.807, 2.05) is 0 Å². The molecular weight excluding hydrogens is 276 g/mol. The van der Waals surface area contributed by atoms with E-state index in [1.165, 1.54) is 0 Å². The van der Waals surface area contributed by atoms with Crippen LogP contribution in [0.2, 0.25) is 0 Å². The maximum Gasteiger partial charge on any atom is 0.201 e. The fraction of sp³-hybridized carbons (Fsp3) is 1.00. The topological polar surface area (TPSA) is 110 Å². The van der Waals surface area contributed by atoms with Crippen molar-refractivity contribution in [1.82, 2.24) is 0 Å². The largest absolute Gasteiger partial charge is 0.392 e. The van der Waals surface area contributed by atoms with Crippen molar-refractivity contribution in [3.05, 3.63) is 0 Å². The zero-order chi connectivity index (χ0) is 15.7. The molecule has 21 heavy (non-hydrogen) atoms. The van der Waals surface area contributed by atoms with Gasteiger partial charge in [-0.2, -0.15) is 0 Å². The highest BCUT2D eigenvalue weighted by molar-refractivity contribution is 5.39. The number of aliphatic hydroxyl groups excluding tert-OH is 2. The summed E-state index contributed by atoms with van der Waals surface area (Å²) in [7, 11) is 0. The normalized spacial score (nSPS) is 72.0. The number of hydrogen-bond donors (Lipinski definition) is 5. The molecule has 0 amide bonds. The van der Waals surface area contributed by atoms with E-state index in [2.05, 4.69) is 0 Å². The summed E-state index contributed by atoms with van der Waals surface area (Å²) < 4.78 is 5.55. The quantitative estimate of drug-likeness (QED) is 0.397. The molecule has 5 rings (SSSR count). The molecule has 5 fully saturated rings. The average Bonchev–Trinajstić information content (AvgIpc) is 2.74. The second-order valence-electron chi connectivity index (χ2n) is 8.25. The number of ether oxygens (including phenoxy) is 1. The summed E-state index contributed by atoms with van der Waals surface area (Å²) in [4.78, 5) is 0. The average molecular weight is 300 g/mol. The van der Waals surface area contributed by atoms with Crippen LogP contribution in [0.4, 0.5) is 0 Å². The maximum absolute atomic E-state index is 11.5. The third-order valence-corrected chi connectivity index (χ3v) is 8.08. The smallest absolute Gasteiger partial charge is 0.201 e. The van der Waals surface area contributed by atoms with E-state index >= 15 is 0 Å². The molecular formula is C15H24O6. The molecule has 0 aromatic carbocycles. The zero-order valence-electron chi connectivity index (χ0n) is 12.6. The van der Waals surface area contributed by atoms with E-state index in [1.54, 1.807) is 20.8 Å². The molecule has 1 spiro atoms. The highest BCUT2D eigenvalue weighted by atomic mass is 16.7. The molecule has 0 aromatic heterocycles. The Hall–Kier alpha value is -0.240. The Morgan fingerprint density at radius 2 is 1.62 bits per heavy atom.